The summed E-state index contributed by atoms with van der Waals surface area (Å²) >= 11 is 11.6. The zero-order valence-electron chi connectivity index (χ0n) is 11.9. The van der Waals surface area contributed by atoms with Crippen molar-refractivity contribution in [3.05, 3.63) is 63.4 Å². The van der Waals surface area contributed by atoms with E-state index in [1.54, 1.807) is 0 Å². The fourth-order valence-corrected chi connectivity index (χ4v) is 2.58. The summed E-state index contributed by atoms with van der Waals surface area (Å²) in [4.78, 5) is 16.0. The normalized spacial score (nSPS) is 12.0. The highest BCUT2D eigenvalue weighted by atomic mass is 35.5. The molecule has 2 aromatic rings. The molecule has 1 heterocycles. The summed E-state index contributed by atoms with van der Waals surface area (Å²) in [5.74, 6) is -0.206. The average molecular weight is 323 g/mol. The molecule has 0 spiro atoms. The molecule has 1 N–H and O–H groups in total. The summed E-state index contributed by atoms with van der Waals surface area (Å²) in [5.41, 5.74) is 2.85. The first kappa shape index (κ1) is 15.8. The second-order valence-corrected chi connectivity index (χ2v) is 5.78. The molecule has 1 unspecified atom stereocenters. The van der Waals surface area contributed by atoms with Crippen LogP contribution in [0.5, 0.6) is 0 Å². The number of carbonyl (C=O) groups is 1. The Morgan fingerprint density at radius 2 is 1.86 bits per heavy atom. The first-order valence-electron chi connectivity index (χ1n) is 6.64. The van der Waals surface area contributed by atoms with Crippen LogP contribution >= 0.6 is 23.2 Å². The number of rotatable bonds is 4. The van der Waals surface area contributed by atoms with E-state index >= 15 is 0 Å². The molecular weight excluding hydrogens is 307 g/mol. The predicted octanol–water partition coefficient (Wildman–Crippen LogP) is 4.06. The van der Waals surface area contributed by atoms with Gasteiger partial charge in [0.1, 0.15) is 10.3 Å². The fraction of sp³-hybridized carbons (Fsp3) is 0.250. The Bertz CT molecular complexity index is 638. The molecule has 0 aliphatic rings. The summed E-state index contributed by atoms with van der Waals surface area (Å²) in [5, 5.41) is 3.36. The van der Waals surface area contributed by atoms with Crippen molar-refractivity contribution in [3.8, 4) is 0 Å². The van der Waals surface area contributed by atoms with Crippen LogP contribution in [-0.2, 0) is 6.42 Å². The Balaban J connectivity index is 2.04. The van der Waals surface area contributed by atoms with Gasteiger partial charge in [0.05, 0.1) is 0 Å². The van der Waals surface area contributed by atoms with E-state index in [-0.39, 0.29) is 22.3 Å². The van der Waals surface area contributed by atoms with Crippen molar-refractivity contribution in [2.75, 3.05) is 0 Å². The highest BCUT2D eigenvalue weighted by molar-refractivity contribution is 6.33. The minimum absolute atomic E-state index is 0.00400. The second kappa shape index (κ2) is 6.92. The van der Waals surface area contributed by atoms with Crippen molar-refractivity contribution in [2.45, 2.75) is 26.3 Å². The first-order chi connectivity index (χ1) is 9.95. The monoisotopic (exact) mass is 322 g/mol. The maximum absolute atomic E-state index is 12.2. The van der Waals surface area contributed by atoms with Crippen molar-refractivity contribution >= 4 is 29.1 Å². The average Bonchev–Trinajstić information content (AvgIpc) is 2.40. The number of halogens is 2. The molecule has 0 bridgehead atoms. The van der Waals surface area contributed by atoms with E-state index < -0.39 is 0 Å². The smallest absolute Gasteiger partial charge is 0.251 e. The number of nitrogens with one attached hydrogen (secondary N) is 1. The van der Waals surface area contributed by atoms with Crippen LogP contribution in [0.15, 0.2) is 36.4 Å². The largest absolute Gasteiger partial charge is 0.349 e. The van der Waals surface area contributed by atoms with Crippen molar-refractivity contribution in [2.24, 2.45) is 0 Å². The van der Waals surface area contributed by atoms with Gasteiger partial charge in [-0.15, -0.1) is 0 Å². The molecule has 1 atom stereocenters. The van der Waals surface area contributed by atoms with Crippen LogP contribution in [0.2, 0.25) is 10.3 Å². The zero-order chi connectivity index (χ0) is 15.4. The van der Waals surface area contributed by atoms with Gasteiger partial charge in [-0.3, -0.25) is 4.79 Å². The highest BCUT2D eigenvalue weighted by Crippen LogP contribution is 2.15. The van der Waals surface area contributed by atoms with Gasteiger partial charge in [0.25, 0.3) is 5.91 Å². The van der Waals surface area contributed by atoms with E-state index in [4.69, 9.17) is 23.2 Å². The van der Waals surface area contributed by atoms with Crippen molar-refractivity contribution in [3.63, 3.8) is 0 Å². The van der Waals surface area contributed by atoms with E-state index in [2.05, 4.69) is 29.4 Å². The summed E-state index contributed by atoms with van der Waals surface area (Å²) in [6.45, 7) is 4.03. The van der Waals surface area contributed by atoms with E-state index in [9.17, 15) is 4.79 Å². The van der Waals surface area contributed by atoms with Crippen molar-refractivity contribution < 1.29 is 4.79 Å². The number of amides is 1. The van der Waals surface area contributed by atoms with Gasteiger partial charge in [-0.25, -0.2) is 4.98 Å². The maximum atomic E-state index is 12.2. The van der Waals surface area contributed by atoms with Crippen LogP contribution < -0.4 is 5.32 Å². The number of carbonyl (C=O) groups excluding carboxylic acids is 1. The van der Waals surface area contributed by atoms with E-state index in [0.29, 0.717) is 5.56 Å². The number of pyridine rings is 1. The van der Waals surface area contributed by atoms with E-state index in [1.807, 2.05) is 19.1 Å². The number of aromatic nitrogens is 1. The Labute approximate surface area is 134 Å². The Hall–Kier alpha value is -1.58. The Morgan fingerprint density at radius 1 is 1.24 bits per heavy atom. The van der Waals surface area contributed by atoms with Crippen molar-refractivity contribution in [1.29, 1.82) is 0 Å². The molecule has 1 aromatic carbocycles. The lowest BCUT2D eigenvalue weighted by molar-refractivity contribution is 0.0940. The fourth-order valence-electron chi connectivity index (χ4n) is 2.12. The van der Waals surface area contributed by atoms with Crippen LogP contribution in [0, 0.1) is 6.92 Å². The summed E-state index contributed by atoms with van der Waals surface area (Å²) < 4.78 is 0. The lowest BCUT2D eigenvalue weighted by Gasteiger charge is -2.15. The lowest BCUT2D eigenvalue weighted by atomic mass is 10.0. The highest BCUT2D eigenvalue weighted by Gasteiger charge is 2.13. The van der Waals surface area contributed by atoms with Crippen molar-refractivity contribution in [1.82, 2.24) is 10.3 Å². The Kier molecular flexibility index (Phi) is 5.21. The van der Waals surface area contributed by atoms with Gasteiger partial charge < -0.3 is 5.32 Å². The molecule has 0 saturated carbocycles. The van der Waals surface area contributed by atoms with Gasteiger partial charge in [0, 0.05) is 11.6 Å². The molecule has 1 aromatic heterocycles. The third kappa shape index (κ3) is 4.45. The van der Waals surface area contributed by atoms with Crippen LogP contribution in [-0.4, -0.2) is 16.9 Å². The number of aryl methyl sites for hydroxylation is 1. The third-order valence-electron chi connectivity index (χ3n) is 3.19. The Morgan fingerprint density at radius 3 is 2.48 bits per heavy atom. The molecule has 110 valence electrons. The zero-order valence-corrected chi connectivity index (χ0v) is 13.4. The summed E-state index contributed by atoms with van der Waals surface area (Å²) in [7, 11) is 0. The molecule has 1 amide bonds. The van der Waals surface area contributed by atoms with Crippen LogP contribution in [0.4, 0.5) is 0 Å². The molecule has 0 aliphatic heterocycles. The predicted molar refractivity (Wildman–Crippen MR) is 86.1 cm³/mol. The van der Waals surface area contributed by atoms with Gasteiger partial charge in [0.2, 0.25) is 0 Å². The number of hydrogen-bond acceptors (Lipinski definition) is 2. The van der Waals surface area contributed by atoms with Crippen LogP contribution in [0.25, 0.3) is 0 Å². The third-order valence-corrected chi connectivity index (χ3v) is 3.58. The molecule has 0 fully saturated rings. The lowest BCUT2D eigenvalue weighted by Crippen LogP contribution is -2.34. The molecule has 5 heteroatoms. The molecule has 0 saturated heterocycles. The van der Waals surface area contributed by atoms with Gasteiger partial charge in [-0.05, 0) is 43.5 Å². The molecule has 0 radical (unpaired) electrons. The van der Waals surface area contributed by atoms with E-state index in [1.165, 1.54) is 23.3 Å². The minimum Gasteiger partial charge on any atom is -0.349 e. The maximum Gasteiger partial charge on any atom is 0.251 e. The number of nitrogens with zero attached hydrogens (tertiary/aromatic N) is 1. The van der Waals surface area contributed by atoms with Crippen LogP contribution in [0.3, 0.4) is 0 Å². The first-order valence-corrected chi connectivity index (χ1v) is 7.40. The molecule has 3 nitrogen and oxygen atoms in total. The number of hydrogen-bond donors (Lipinski definition) is 1. The van der Waals surface area contributed by atoms with Gasteiger partial charge >= 0.3 is 0 Å². The molecule has 2 rings (SSSR count). The topological polar surface area (TPSA) is 42.0 Å². The number of benzene rings is 1. The quantitative estimate of drug-likeness (QED) is 0.862. The molecule has 21 heavy (non-hydrogen) atoms. The molecular formula is C16H16Cl2N2O. The molecule has 0 aliphatic carbocycles. The van der Waals surface area contributed by atoms with Gasteiger partial charge in [0.15, 0.2) is 0 Å². The van der Waals surface area contributed by atoms with Gasteiger partial charge in [-0.1, -0.05) is 47.5 Å². The standard InChI is InChI=1S/C16H16Cl2N2O/c1-10-5-3-4-6-12(10)7-11(2)19-16(21)13-8-14(17)20-15(18)9-13/h3-6,8-9,11H,7H2,1-2H3,(H,19,21). The minimum atomic E-state index is -0.206. The van der Waals surface area contributed by atoms with Gasteiger partial charge in [-0.2, -0.15) is 0 Å². The summed E-state index contributed by atoms with van der Waals surface area (Å²) in [6.07, 6.45) is 0.769. The summed E-state index contributed by atoms with van der Waals surface area (Å²) in [6, 6.07) is 11.1. The van der Waals surface area contributed by atoms with Crippen LogP contribution in [0.1, 0.15) is 28.4 Å². The SMILES string of the molecule is Cc1ccccc1CC(C)NC(=O)c1cc(Cl)nc(Cl)c1. The van der Waals surface area contributed by atoms with E-state index in [0.717, 1.165) is 6.42 Å². The second-order valence-electron chi connectivity index (χ2n) is 5.01.